The van der Waals surface area contributed by atoms with Crippen LogP contribution >= 0.6 is 0 Å². The first kappa shape index (κ1) is 11.4. The molecular weight excluding hydrogens is 154 g/mol. The van der Waals surface area contributed by atoms with Crippen molar-refractivity contribution >= 4 is 5.97 Å². The zero-order chi connectivity index (χ0) is 9.56. The maximum absolute atomic E-state index is 10.3. The van der Waals surface area contributed by atoms with Gasteiger partial charge in [0.25, 0.3) is 0 Å². The van der Waals surface area contributed by atoms with Crippen LogP contribution in [0.25, 0.3) is 0 Å². The number of carboxylic acid groups (broad SMARTS) is 1. The summed E-state index contributed by atoms with van der Waals surface area (Å²) in [4.78, 5) is 10.3. The molecule has 0 aliphatic carbocycles. The number of aliphatic carboxylic acids is 1. The van der Waals surface area contributed by atoms with Crippen LogP contribution in [-0.4, -0.2) is 17.6 Å². The normalized spacial score (nSPS) is 13.3. The van der Waals surface area contributed by atoms with Crippen molar-refractivity contribution in [1.29, 1.82) is 0 Å². The van der Waals surface area contributed by atoms with Crippen molar-refractivity contribution in [1.82, 2.24) is 0 Å². The van der Waals surface area contributed by atoms with Crippen molar-refractivity contribution in [3.8, 4) is 0 Å². The molecule has 0 aliphatic heterocycles. The minimum Gasteiger partial charge on any atom is -0.481 e. The number of carboxylic acids is 1. The second-order valence-corrected chi connectivity index (χ2v) is 3.66. The summed E-state index contributed by atoms with van der Waals surface area (Å²) in [6.07, 6.45) is 1.99. The molecule has 0 unspecified atom stereocenters. The lowest BCUT2D eigenvalue weighted by molar-refractivity contribution is -0.137. The Balaban J connectivity index is 3.60. The summed E-state index contributed by atoms with van der Waals surface area (Å²) < 4.78 is 0. The summed E-state index contributed by atoms with van der Waals surface area (Å²) in [5.41, 5.74) is 5.51. The topological polar surface area (TPSA) is 63.3 Å². The lowest BCUT2D eigenvalue weighted by Gasteiger charge is -2.15. The molecule has 0 bridgehead atoms. The van der Waals surface area contributed by atoms with Crippen molar-refractivity contribution in [2.45, 2.75) is 33.1 Å². The van der Waals surface area contributed by atoms with Gasteiger partial charge in [0.15, 0.2) is 0 Å². The van der Waals surface area contributed by atoms with Gasteiger partial charge >= 0.3 is 5.97 Å². The van der Waals surface area contributed by atoms with Crippen molar-refractivity contribution < 1.29 is 9.90 Å². The molecule has 0 aromatic heterocycles. The first-order chi connectivity index (χ1) is 5.56. The molecule has 0 heterocycles. The van der Waals surface area contributed by atoms with Gasteiger partial charge in [-0.1, -0.05) is 13.8 Å². The van der Waals surface area contributed by atoms with E-state index in [0.29, 0.717) is 24.8 Å². The monoisotopic (exact) mass is 173 g/mol. The molecule has 72 valence electrons. The molecule has 0 saturated carbocycles. The van der Waals surface area contributed by atoms with E-state index in [0.717, 1.165) is 6.42 Å². The fraction of sp³-hybridized carbons (Fsp3) is 0.889. The van der Waals surface area contributed by atoms with Gasteiger partial charge in [0, 0.05) is 6.42 Å². The zero-order valence-electron chi connectivity index (χ0n) is 7.92. The lowest BCUT2D eigenvalue weighted by atomic mass is 9.93. The maximum atomic E-state index is 10.3. The first-order valence-corrected chi connectivity index (χ1v) is 4.48. The van der Waals surface area contributed by atoms with Gasteiger partial charge in [0.05, 0.1) is 0 Å². The molecule has 0 amide bonds. The Morgan fingerprint density at radius 3 is 2.42 bits per heavy atom. The van der Waals surface area contributed by atoms with E-state index in [1.54, 1.807) is 0 Å². The third-order valence-electron chi connectivity index (χ3n) is 1.90. The molecule has 0 aliphatic rings. The van der Waals surface area contributed by atoms with Crippen LogP contribution in [0.1, 0.15) is 33.1 Å². The molecule has 12 heavy (non-hydrogen) atoms. The van der Waals surface area contributed by atoms with Gasteiger partial charge < -0.3 is 10.8 Å². The van der Waals surface area contributed by atoms with Gasteiger partial charge in [-0.15, -0.1) is 0 Å². The number of nitrogens with two attached hydrogens (primary N) is 1. The van der Waals surface area contributed by atoms with E-state index in [9.17, 15) is 4.79 Å². The number of carbonyl (C=O) groups is 1. The smallest absolute Gasteiger partial charge is 0.303 e. The Labute approximate surface area is 74.0 Å². The Hall–Kier alpha value is -0.570. The van der Waals surface area contributed by atoms with Crippen LogP contribution in [-0.2, 0) is 4.79 Å². The minimum absolute atomic E-state index is 0.245. The molecule has 0 fully saturated rings. The van der Waals surface area contributed by atoms with Crippen LogP contribution in [0, 0.1) is 11.8 Å². The Bertz CT molecular complexity index is 134. The average Bonchev–Trinajstić information content (AvgIpc) is 1.97. The highest BCUT2D eigenvalue weighted by atomic mass is 16.4. The highest BCUT2D eigenvalue weighted by Crippen LogP contribution is 2.15. The Morgan fingerprint density at radius 1 is 1.50 bits per heavy atom. The lowest BCUT2D eigenvalue weighted by Crippen LogP contribution is -2.17. The molecule has 0 aromatic carbocycles. The van der Waals surface area contributed by atoms with E-state index >= 15 is 0 Å². The third-order valence-corrected chi connectivity index (χ3v) is 1.90. The summed E-state index contributed by atoms with van der Waals surface area (Å²) in [5.74, 6) is 0.255. The summed E-state index contributed by atoms with van der Waals surface area (Å²) in [6.45, 7) is 4.86. The van der Waals surface area contributed by atoms with E-state index in [1.165, 1.54) is 0 Å². The number of hydrogen-bond acceptors (Lipinski definition) is 2. The van der Waals surface area contributed by atoms with Crippen molar-refractivity contribution in [2.75, 3.05) is 6.54 Å². The molecule has 3 N–H and O–H groups in total. The number of hydrogen-bond donors (Lipinski definition) is 2. The molecule has 1 atom stereocenters. The fourth-order valence-electron chi connectivity index (χ4n) is 1.33. The van der Waals surface area contributed by atoms with Crippen molar-refractivity contribution in [2.24, 2.45) is 17.6 Å². The molecule has 0 aromatic rings. The van der Waals surface area contributed by atoms with Gasteiger partial charge in [-0.3, -0.25) is 4.79 Å². The van der Waals surface area contributed by atoms with Crippen LogP contribution in [0.15, 0.2) is 0 Å². The third kappa shape index (κ3) is 6.16. The van der Waals surface area contributed by atoms with Crippen LogP contribution < -0.4 is 5.73 Å². The second-order valence-electron chi connectivity index (χ2n) is 3.66. The van der Waals surface area contributed by atoms with E-state index in [1.807, 2.05) is 0 Å². The van der Waals surface area contributed by atoms with Gasteiger partial charge in [-0.05, 0) is 31.2 Å². The Kier molecular flexibility index (Phi) is 5.72. The van der Waals surface area contributed by atoms with E-state index in [2.05, 4.69) is 13.8 Å². The van der Waals surface area contributed by atoms with Crippen LogP contribution in [0.2, 0.25) is 0 Å². The largest absolute Gasteiger partial charge is 0.481 e. The summed E-state index contributed by atoms with van der Waals surface area (Å²) in [5, 5.41) is 8.45. The molecule has 0 spiro atoms. The average molecular weight is 173 g/mol. The quantitative estimate of drug-likeness (QED) is 0.639. The van der Waals surface area contributed by atoms with E-state index in [4.69, 9.17) is 10.8 Å². The number of rotatable bonds is 6. The minimum atomic E-state index is -0.725. The van der Waals surface area contributed by atoms with Crippen LogP contribution in [0.3, 0.4) is 0 Å². The van der Waals surface area contributed by atoms with E-state index < -0.39 is 5.97 Å². The zero-order valence-corrected chi connectivity index (χ0v) is 7.92. The fourth-order valence-corrected chi connectivity index (χ4v) is 1.33. The Morgan fingerprint density at radius 2 is 2.08 bits per heavy atom. The van der Waals surface area contributed by atoms with Crippen LogP contribution in [0.4, 0.5) is 0 Å². The maximum Gasteiger partial charge on any atom is 0.303 e. The predicted octanol–water partition coefficient (Wildman–Crippen LogP) is 1.47. The predicted molar refractivity (Wildman–Crippen MR) is 48.9 cm³/mol. The van der Waals surface area contributed by atoms with Gasteiger partial charge in [-0.25, -0.2) is 0 Å². The molecular formula is C9H19NO2. The molecule has 0 rings (SSSR count). The highest BCUT2D eigenvalue weighted by molar-refractivity contribution is 5.66. The summed E-state index contributed by atoms with van der Waals surface area (Å²) in [7, 11) is 0. The van der Waals surface area contributed by atoms with Crippen molar-refractivity contribution in [3.63, 3.8) is 0 Å². The summed E-state index contributed by atoms with van der Waals surface area (Å²) in [6, 6.07) is 0. The molecule has 0 saturated heterocycles. The molecule has 0 radical (unpaired) electrons. The van der Waals surface area contributed by atoms with Crippen molar-refractivity contribution in [3.05, 3.63) is 0 Å². The van der Waals surface area contributed by atoms with Gasteiger partial charge in [-0.2, -0.15) is 0 Å². The SMILES string of the molecule is CC(C)C[C@H](CN)CCC(=O)O. The van der Waals surface area contributed by atoms with Crippen LogP contribution in [0.5, 0.6) is 0 Å². The first-order valence-electron chi connectivity index (χ1n) is 4.48. The molecule has 3 heteroatoms. The standard InChI is InChI=1S/C9H19NO2/c1-7(2)5-8(6-10)3-4-9(11)12/h7-8H,3-6,10H2,1-2H3,(H,11,12)/t8-/m1/s1. The van der Waals surface area contributed by atoms with Gasteiger partial charge in [0.2, 0.25) is 0 Å². The highest BCUT2D eigenvalue weighted by Gasteiger charge is 2.10. The van der Waals surface area contributed by atoms with Gasteiger partial charge in [0.1, 0.15) is 0 Å². The second kappa shape index (κ2) is 6.00. The van der Waals surface area contributed by atoms with E-state index in [-0.39, 0.29) is 6.42 Å². The summed E-state index contributed by atoms with van der Waals surface area (Å²) >= 11 is 0. The molecule has 3 nitrogen and oxygen atoms in total.